The molecule has 1 fully saturated rings. The lowest BCUT2D eigenvalue weighted by atomic mass is 9.86. The fraction of sp³-hybridized carbons (Fsp3) is 0.786. The van der Waals surface area contributed by atoms with E-state index in [0.29, 0.717) is 6.04 Å². The van der Waals surface area contributed by atoms with E-state index in [1.165, 1.54) is 31.4 Å². The molecule has 1 aromatic rings. The Morgan fingerprint density at radius 3 is 2.82 bits per heavy atom. The summed E-state index contributed by atoms with van der Waals surface area (Å²) in [6.07, 6.45) is 9.35. The van der Waals surface area contributed by atoms with Gasteiger partial charge in [0.25, 0.3) is 0 Å². The van der Waals surface area contributed by atoms with E-state index in [4.69, 9.17) is 0 Å². The molecule has 17 heavy (non-hydrogen) atoms. The summed E-state index contributed by atoms with van der Waals surface area (Å²) in [5.74, 6) is 0.849. The second-order valence-corrected chi connectivity index (χ2v) is 5.99. The Labute approximate surface area is 105 Å². The lowest BCUT2D eigenvalue weighted by Gasteiger charge is -2.33. The van der Waals surface area contributed by atoms with E-state index in [1.54, 1.807) is 0 Å². The zero-order chi connectivity index (χ0) is 12.5. The van der Waals surface area contributed by atoms with Gasteiger partial charge in [-0.25, -0.2) is 4.98 Å². The lowest BCUT2D eigenvalue weighted by molar-refractivity contribution is 0.265. The van der Waals surface area contributed by atoms with Crippen molar-refractivity contribution in [2.75, 3.05) is 7.05 Å². The first kappa shape index (κ1) is 12.6. The Balaban J connectivity index is 2.24. The monoisotopic (exact) mass is 235 g/mol. The van der Waals surface area contributed by atoms with Gasteiger partial charge in [0.15, 0.2) is 0 Å². The number of imidazole rings is 1. The fourth-order valence-corrected chi connectivity index (χ4v) is 2.86. The van der Waals surface area contributed by atoms with Gasteiger partial charge >= 0.3 is 0 Å². The third kappa shape index (κ3) is 2.54. The molecule has 2 atom stereocenters. The summed E-state index contributed by atoms with van der Waals surface area (Å²) in [7, 11) is 2.01. The molecule has 0 saturated heterocycles. The summed E-state index contributed by atoms with van der Waals surface area (Å²) < 4.78 is 2.40. The van der Waals surface area contributed by atoms with Crippen LogP contribution in [0.4, 0.5) is 0 Å². The first-order valence-corrected chi connectivity index (χ1v) is 6.76. The molecule has 3 nitrogen and oxygen atoms in total. The molecule has 2 rings (SSSR count). The zero-order valence-electron chi connectivity index (χ0n) is 11.5. The molecule has 1 aliphatic rings. The molecule has 96 valence electrons. The van der Waals surface area contributed by atoms with Crippen molar-refractivity contribution in [3.63, 3.8) is 0 Å². The van der Waals surface area contributed by atoms with E-state index < -0.39 is 0 Å². The molecule has 0 amide bonds. The predicted octanol–water partition coefficient (Wildman–Crippen LogP) is 3.09. The van der Waals surface area contributed by atoms with Gasteiger partial charge in [0.1, 0.15) is 0 Å². The van der Waals surface area contributed by atoms with Gasteiger partial charge in [-0.05, 0) is 39.7 Å². The van der Waals surface area contributed by atoms with Gasteiger partial charge in [0, 0.05) is 6.04 Å². The summed E-state index contributed by atoms with van der Waals surface area (Å²) in [5, 5.41) is 3.37. The third-order valence-corrected chi connectivity index (χ3v) is 4.23. The highest BCUT2D eigenvalue weighted by Crippen LogP contribution is 2.34. The van der Waals surface area contributed by atoms with Crippen molar-refractivity contribution in [3.05, 3.63) is 18.2 Å². The van der Waals surface area contributed by atoms with Gasteiger partial charge in [-0.2, -0.15) is 0 Å². The van der Waals surface area contributed by atoms with Gasteiger partial charge < -0.3 is 9.88 Å². The molecule has 0 aromatic carbocycles. The molecule has 0 aliphatic heterocycles. The second kappa shape index (κ2) is 4.81. The first-order valence-electron chi connectivity index (χ1n) is 6.76. The van der Waals surface area contributed by atoms with Crippen molar-refractivity contribution in [1.82, 2.24) is 14.9 Å². The Morgan fingerprint density at radius 1 is 1.41 bits per heavy atom. The molecule has 0 spiro atoms. The summed E-state index contributed by atoms with van der Waals surface area (Å²) in [6.45, 7) is 6.80. The first-order chi connectivity index (χ1) is 8.04. The topological polar surface area (TPSA) is 29.9 Å². The molecule has 3 heteroatoms. The van der Waals surface area contributed by atoms with Crippen molar-refractivity contribution < 1.29 is 0 Å². The number of nitrogens with zero attached hydrogens (tertiary/aromatic N) is 2. The highest BCUT2D eigenvalue weighted by molar-refractivity contribution is 5.12. The van der Waals surface area contributed by atoms with Crippen LogP contribution in [0.2, 0.25) is 0 Å². The molecular formula is C14H25N3. The minimum Gasteiger partial charge on any atom is -0.330 e. The van der Waals surface area contributed by atoms with Crippen LogP contribution in [0.3, 0.4) is 0 Å². The van der Waals surface area contributed by atoms with Crippen LogP contribution < -0.4 is 5.32 Å². The van der Waals surface area contributed by atoms with Crippen LogP contribution in [0.1, 0.15) is 58.2 Å². The summed E-state index contributed by atoms with van der Waals surface area (Å²) in [6, 6.07) is 0.642. The Bertz CT molecular complexity index is 367. The second-order valence-electron chi connectivity index (χ2n) is 5.99. The number of hydrogen-bond donors (Lipinski definition) is 1. The van der Waals surface area contributed by atoms with Crippen LogP contribution in [0, 0.1) is 5.92 Å². The molecule has 0 radical (unpaired) electrons. The standard InChI is InChI=1S/C14H25N3/c1-11-6-5-7-12(8-11)17-10-16-9-13(17)14(2,3)15-4/h9-12,15H,5-8H2,1-4H3. The van der Waals surface area contributed by atoms with Crippen LogP contribution >= 0.6 is 0 Å². The Kier molecular flexibility index (Phi) is 3.57. The van der Waals surface area contributed by atoms with Gasteiger partial charge in [-0.1, -0.05) is 19.8 Å². The van der Waals surface area contributed by atoms with Crippen LogP contribution in [0.5, 0.6) is 0 Å². The Hall–Kier alpha value is -0.830. The van der Waals surface area contributed by atoms with E-state index in [9.17, 15) is 0 Å². The number of aromatic nitrogens is 2. The smallest absolute Gasteiger partial charge is 0.0951 e. The van der Waals surface area contributed by atoms with E-state index in [2.05, 4.69) is 35.6 Å². The van der Waals surface area contributed by atoms with Crippen LogP contribution in [-0.2, 0) is 5.54 Å². The van der Waals surface area contributed by atoms with Crippen molar-refractivity contribution in [1.29, 1.82) is 0 Å². The van der Waals surface area contributed by atoms with Gasteiger partial charge in [0.2, 0.25) is 0 Å². The van der Waals surface area contributed by atoms with Crippen molar-refractivity contribution >= 4 is 0 Å². The molecule has 1 heterocycles. The third-order valence-electron chi connectivity index (χ3n) is 4.23. The quantitative estimate of drug-likeness (QED) is 0.872. The summed E-state index contributed by atoms with van der Waals surface area (Å²) >= 11 is 0. The average molecular weight is 235 g/mol. The van der Waals surface area contributed by atoms with Gasteiger partial charge in [0.05, 0.1) is 23.8 Å². The van der Waals surface area contributed by atoms with E-state index >= 15 is 0 Å². The SMILES string of the molecule is CNC(C)(C)c1cncn1C1CCCC(C)C1. The number of rotatable bonds is 3. The minimum atomic E-state index is -0.00279. The van der Waals surface area contributed by atoms with Crippen LogP contribution in [0.15, 0.2) is 12.5 Å². The van der Waals surface area contributed by atoms with E-state index in [-0.39, 0.29) is 5.54 Å². The molecule has 0 bridgehead atoms. The lowest BCUT2D eigenvalue weighted by Crippen LogP contribution is -2.36. The predicted molar refractivity (Wildman–Crippen MR) is 71.0 cm³/mol. The van der Waals surface area contributed by atoms with Gasteiger partial charge in [-0.15, -0.1) is 0 Å². The maximum atomic E-state index is 4.36. The normalized spacial score (nSPS) is 26.1. The summed E-state index contributed by atoms with van der Waals surface area (Å²) in [5.41, 5.74) is 1.30. The van der Waals surface area contributed by atoms with Crippen LogP contribution in [-0.4, -0.2) is 16.6 Å². The Morgan fingerprint density at radius 2 is 2.18 bits per heavy atom. The highest BCUT2D eigenvalue weighted by atomic mass is 15.1. The summed E-state index contributed by atoms with van der Waals surface area (Å²) in [4.78, 5) is 4.36. The zero-order valence-corrected chi connectivity index (χ0v) is 11.5. The molecule has 2 unspecified atom stereocenters. The maximum absolute atomic E-state index is 4.36. The molecule has 1 N–H and O–H groups in total. The van der Waals surface area contributed by atoms with Crippen molar-refractivity contribution in [3.8, 4) is 0 Å². The molecular weight excluding hydrogens is 210 g/mol. The molecule has 1 aliphatic carbocycles. The molecule has 1 aromatic heterocycles. The van der Waals surface area contributed by atoms with Crippen molar-refractivity contribution in [2.24, 2.45) is 5.92 Å². The van der Waals surface area contributed by atoms with Crippen LogP contribution in [0.25, 0.3) is 0 Å². The number of hydrogen-bond acceptors (Lipinski definition) is 2. The molecule has 1 saturated carbocycles. The van der Waals surface area contributed by atoms with Crippen molar-refractivity contribution in [2.45, 2.75) is 58.0 Å². The highest BCUT2D eigenvalue weighted by Gasteiger charge is 2.27. The largest absolute Gasteiger partial charge is 0.330 e. The maximum Gasteiger partial charge on any atom is 0.0951 e. The van der Waals surface area contributed by atoms with E-state index in [0.717, 1.165) is 5.92 Å². The van der Waals surface area contributed by atoms with Gasteiger partial charge in [-0.3, -0.25) is 0 Å². The van der Waals surface area contributed by atoms with E-state index in [1.807, 2.05) is 19.6 Å². The minimum absolute atomic E-state index is 0.00279. The number of nitrogens with one attached hydrogen (secondary N) is 1. The average Bonchev–Trinajstić information content (AvgIpc) is 2.78. The fourth-order valence-electron chi connectivity index (χ4n) is 2.86.